The molecule has 2 amide bonds. The smallest absolute Gasteiger partial charge is 0.224 e. The van der Waals surface area contributed by atoms with Crippen molar-refractivity contribution in [2.24, 2.45) is 4.99 Å². The van der Waals surface area contributed by atoms with Crippen molar-refractivity contribution in [1.82, 2.24) is 16.0 Å². The Morgan fingerprint density at radius 3 is 2.43 bits per heavy atom. The summed E-state index contributed by atoms with van der Waals surface area (Å²) < 4.78 is 0. The SMILES string of the molecule is CCNC(=NCCCC(=O)Nc1ccc(CC(CCO)NC=O)cc1)NCC. The number of aliphatic hydroxyl groups is 1. The quantitative estimate of drug-likeness (QED) is 0.149. The molecule has 0 bridgehead atoms. The van der Waals surface area contributed by atoms with Crippen molar-refractivity contribution in [3.05, 3.63) is 29.8 Å². The first kappa shape index (κ1) is 23.4. The van der Waals surface area contributed by atoms with Gasteiger partial charge in [-0.25, -0.2) is 0 Å². The molecule has 0 aliphatic rings. The Bertz CT molecular complexity index is 596. The van der Waals surface area contributed by atoms with Crippen molar-refractivity contribution in [3.63, 3.8) is 0 Å². The minimum absolute atomic E-state index is 0.0220. The number of anilines is 1. The lowest BCUT2D eigenvalue weighted by atomic mass is 10.0. The summed E-state index contributed by atoms with van der Waals surface area (Å²) >= 11 is 0. The second-order valence-electron chi connectivity index (χ2n) is 6.34. The first-order valence-electron chi connectivity index (χ1n) is 9.84. The summed E-state index contributed by atoms with van der Waals surface area (Å²) in [6.07, 6.45) is 2.86. The van der Waals surface area contributed by atoms with Gasteiger partial charge in [-0.3, -0.25) is 14.6 Å². The van der Waals surface area contributed by atoms with Gasteiger partial charge in [0.25, 0.3) is 0 Å². The molecule has 1 aromatic rings. The first-order valence-corrected chi connectivity index (χ1v) is 9.84. The van der Waals surface area contributed by atoms with E-state index in [0.717, 1.165) is 30.3 Å². The van der Waals surface area contributed by atoms with Crippen LogP contribution < -0.4 is 21.3 Å². The molecule has 0 aromatic heterocycles. The molecular formula is C20H33N5O3. The monoisotopic (exact) mass is 391 g/mol. The molecule has 28 heavy (non-hydrogen) atoms. The number of benzene rings is 1. The molecule has 0 saturated heterocycles. The summed E-state index contributed by atoms with van der Waals surface area (Å²) in [6.45, 7) is 6.22. The molecule has 1 rings (SSSR count). The maximum Gasteiger partial charge on any atom is 0.224 e. The standard InChI is InChI=1S/C20H33N5O3/c1-3-21-20(22-4-2)23-12-5-6-19(28)25-17-9-7-16(8-10-17)14-18(11-13-26)24-15-27/h7-10,15,18,26H,3-6,11-14H2,1-2H3,(H,24,27)(H,25,28)(H2,21,22,23). The highest BCUT2D eigenvalue weighted by Gasteiger charge is 2.08. The molecule has 0 aliphatic carbocycles. The lowest BCUT2D eigenvalue weighted by Gasteiger charge is -2.15. The van der Waals surface area contributed by atoms with Crippen molar-refractivity contribution in [2.75, 3.05) is 31.6 Å². The van der Waals surface area contributed by atoms with E-state index in [0.29, 0.717) is 38.6 Å². The van der Waals surface area contributed by atoms with E-state index < -0.39 is 0 Å². The Kier molecular flexibility index (Phi) is 12.1. The Hall–Kier alpha value is -2.61. The zero-order chi connectivity index (χ0) is 20.6. The van der Waals surface area contributed by atoms with Gasteiger partial charge >= 0.3 is 0 Å². The van der Waals surface area contributed by atoms with E-state index in [2.05, 4.69) is 26.3 Å². The number of guanidine groups is 1. The highest BCUT2D eigenvalue weighted by molar-refractivity contribution is 5.90. The van der Waals surface area contributed by atoms with Crippen LogP contribution in [0.4, 0.5) is 5.69 Å². The molecule has 0 radical (unpaired) electrons. The molecule has 0 fully saturated rings. The number of carbonyl (C=O) groups excluding carboxylic acids is 2. The van der Waals surface area contributed by atoms with E-state index in [4.69, 9.17) is 5.11 Å². The van der Waals surface area contributed by atoms with Crippen molar-refractivity contribution in [2.45, 2.75) is 45.6 Å². The lowest BCUT2D eigenvalue weighted by molar-refractivity contribution is -0.116. The van der Waals surface area contributed by atoms with Crippen molar-refractivity contribution < 1.29 is 14.7 Å². The third-order valence-corrected chi connectivity index (χ3v) is 4.02. The maximum atomic E-state index is 12.1. The van der Waals surface area contributed by atoms with E-state index in [1.165, 1.54) is 0 Å². The Morgan fingerprint density at radius 2 is 1.86 bits per heavy atom. The molecule has 1 atom stereocenters. The van der Waals surface area contributed by atoms with Crippen LogP contribution in [-0.4, -0.2) is 55.7 Å². The van der Waals surface area contributed by atoms with E-state index in [1.807, 2.05) is 38.1 Å². The van der Waals surface area contributed by atoms with Crippen LogP contribution in [0.5, 0.6) is 0 Å². The van der Waals surface area contributed by atoms with Crippen LogP contribution in [0, 0.1) is 0 Å². The van der Waals surface area contributed by atoms with Crippen LogP contribution in [0.2, 0.25) is 0 Å². The van der Waals surface area contributed by atoms with Crippen LogP contribution in [0.25, 0.3) is 0 Å². The number of nitrogens with one attached hydrogen (secondary N) is 4. The average molecular weight is 392 g/mol. The molecule has 8 nitrogen and oxygen atoms in total. The summed E-state index contributed by atoms with van der Waals surface area (Å²) in [7, 11) is 0. The second kappa shape index (κ2) is 14.4. The third kappa shape index (κ3) is 9.91. The number of carbonyl (C=O) groups is 2. The van der Waals surface area contributed by atoms with Crippen LogP contribution in [0.3, 0.4) is 0 Å². The van der Waals surface area contributed by atoms with Gasteiger partial charge in [0.2, 0.25) is 12.3 Å². The highest BCUT2D eigenvalue weighted by atomic mass is 16.3. The van der Waals surface area contributed by atoms with Gasteiger partial charge in [-0.15, -0.1) is 0 Å². The number of aliphatic hydroxyl groups excluding tert-OH is 1. The summed E-state index contributed by atoms with van der Waals surface area (Å²) in [5.74, 6) is 0.724. The van der Waals surface area contributed by atoms with Crippen LogP contribution in [0.1, 0.15) is 38.7 Å². The molecule has 8 heteroatoms. The summed E-state index contributed by atoms with van der Waals surface area (Å²) in [6, 6.07) is 7.41. The van der Waals surface area contributed by atoms with E-state index >= 15 is 0 Å². The molecule has 0 spiro atoms. The molecule has 0 saturated carbocycles. The predicted molar refractivity (Wildman–Crippen MR) is 112 cm³/mol. The molecule has 0 heterocycles. The van der Waals surface area contributed by atoms with Gasteiger partial charge in [0.15, 0.2) is 5.96 Å². The van der Waals surface area contributed by atoms with E-state index in [1.54, 1.807) is 0 Å². The Labute approximate surface area is 167 Å². The zero-order valence-electron chi connectivity index (χ0n) is 16.8. The molecular weight excluding hydrogens is 358 g/mol. The third-order valence-electron chi connectivity index (χ3n) is 4.02. The lowest BCUT2D eigenvalue weighted by Crippen LogP contribution is -2.37. The number of hydrogen-bond acceptors (Lipinski definition) is 4. The highest BCUT2D eigenvalue weighted by Crippen LogP contribution is 2.12. The molecule has 156 valence electrons. The van der Waals surface area contributed by atoms with Crippen molar-refractivity contribution in [3.8, 4) is 0 Å². The molecule has 5 N–H and O–H groups in total. The minimum Gasteiger partial charge on any atom is -0.396 e. The number of amides is 2. The topological polar surface area (TPSA) is 115 Å². The Morgan fingerprint density at radius 1 is 1.18 bits per heavy atom. The van der Waals surface area contributed by atoms with Gasteiger partial charge in [0.05, 0.1) is 0 Å². The summed E-state index contributed by atoms with van der Waals surface area (Å²) in [4.78, 5) is 27.1. The molecule has 1 aromatic carbocycles. The van der Waals surface area contributed by atoms with Gasteiger partial charge in [-0.05, 0) is 50.8 Å². The minimum atomic E-state index is -0.0993. The summed E-state index contributed by atoms with van der Waals surface area (Å²) in [5, 5.41) is 20.9. The van der Waals surface area contributed by atoms with Gasteiger partial charge in [0.1, 0.15) is 0 Å². The number of nitrogens with zero attached hydrogens (tertiary/aromatic N) is 1. The normalized spacial score (nSPS) is 11.2. The average Bonchev–Trinajstić information content (AvgIpc) is 2.67. The molecule has 1 unspecified atom stereocenters. The van der Waals surface area contributed by atoms with Crippen LogP contribution in [-0.2, 0) is 16.0 Å². The van der Waals surface area contributed by atoms with Crippen LogP contribution in [0.15, 0.2) is 29.3 Å². The maximum absolute atomic E-state index is 12.1. The fraction of sp³-hybridized carbons (Fsp3) is 0.550. The van der Waals surface area contributed by atoms with Crippen molar-refractivity contribution in [1.29, 1.82) is 0 Å². The van der Waals surface area contributed by atoms with Crippen molar-refractivity contribution >= 4 is 24.0 Å². The van der Waals surface area contributed by atoms with Crippen LogP contribution >= 0.6 is 0 Å². The van der Waals surface area contributed by atoms with Gasteiger partial charge < -0.3 is 26.4 Å². The van der Waals surface area contributed by atoms with E-state index in [-0.39, 0.29) is 18.6 Å². The van der Waals surface area contributed by atoms with Gasteiger partial charge in [-0.2, -0.15) is 0 Å². The summed E-state index contributed by atoms with van der Waals surface area (Å²) in [5.41, 5.74) is 1.76. The zero-order valence-corrected chi connectivity index (χ0v) is 16.8. The largest absolute Gasteiger partial charge is 0.396 e. The Balaban J connectivity index is 2.41. The predicted octanol–water partition coefficient (Wildman–Crippen LogP) is 1.02. The van der Waals surface area contributed by atoms with E-state index in [9.17, 15) is 9.59 Å². The second-order valence-corrected chi connectivity index (χ2v) is 6.34. The number of aliphatic imine (C=N–C) groups is 1. The fourth-order valence-electron chi connectivity index (χ4n) is 2.67. The fourth-order valence-corrected chi connectivity index (χ4v) is 2.67. The van der Waals surface area contributed by atoms with Gasteiger partial charge in [0, 0.05) is 44.4 Å². The number of hydrogen-bond donors (Lipinski definition) is 5. The first-order chi connectivity index (χ1) is 13.6. The number of rotatable bonds is 13. The molecule has 0 aliphatic heterocycles. The van der Waals surface area contributed by atoms with Gasteiger partial charge in [-0.1, -0.05) is 12.1 Å².